The molecule has 1 atom stereocenters. The standard InChI is InChI=1S/C22H32N2O6S3/c1-4-5-6-7-11-31-22-24-17-9-8-16(13-18(17)32-22)33(28,29)12-10-30-19(25)14-23-20(15(2)3)21(26)27/h8-9,13,15,20,23H,4-7,10-12,14H2,1-3H3,(H,26,27)/t20-/m1/s1. The number of nitrogens with one attached hydrogen (secondary N) is 1. The number of hydrogen-bond donors (Lipinski definition) is 2. The van der Waals surface area contributed by atoms with Gasteiger partial charge in [-0.2, -0.15) is 0 Å². The van der Waals surface area contributed by atoms with Crippen molar-refractivity contribution in [3.05, 3.63) is 18.2 Å². The molecule has 0 aliphatic heterocycles. The Morgan fingerprint density at radius 2 is 2.00 bits per heavy atom. The number of nitrogens with zero attached hydrogens (tertiary/aromatic N) is 1. The second-order valence-corrected chi connectivity index (χ2v) is 12.5. The van der Waals surface area contributed by atoms with Crippen molar-refractivity contribution in [2.24, 2.45) is 5.92 Å². The molecule has 2 N–H and O–H groups in total. The zero-order chi connectivity index (χ0) is 24.4. The Morgan fingerprint density at radius 3 is 2.67 bits per heavy atom. The van der Waals surface area contributed by atoms with E-state index in [1.54, 1.807) is 37.7 Å². The van der Waals surface area contributed by atoms with Gasteiger partial charge in [-0.3, -0.25) is 14.9 Å². The molecule has 184 valence electrons. The van der Waals surface area contributed by atoms with Gasteiger partial charge < -0.3 is 9.84 Å². The van der Waals surface area contributed by atoms with Crippen LogP contribution in [0.2, 0.25) is 0 Å². The number of esters is 1. The summed E-state index contributed by atoms with van der Waals surface area (Å²) in [4.78, 5) is 27.7. The number of hydrogen-bond acceptors (Lipinski definition) is 9. The van der Waals surface area contributed by atoms with Crippen molar-refractivity contribution < 1.29 is 27.9 Å². The first-order valence-corrected chi connectivity index (χ1v) is 14.5. The number of aliphatic carboxylic acids is 1. The van der Waals surface area contributed by atoms with E-state index in [4.69, 9.17) is 9.84 Å². The minimum atomic E-state index is -3.64. The molecule has 0 unspecified atom stereocenters. The molecule has 0 saturated carbocycles. The Morgan fingerprint density at radius 1 is 1.24 bits per heavy atom. The van der Waals surface area contributed by atoms with E-state index in [0.29, 0.717) is 0 Å². The molecule has 0 aliphatic rings. The van der Waals surface area contributed by atoms with Crippen molar-refractivity contribution in [1.82, 2.24) is 10.3 Å². The first kappa shape index (κ1) is 27.6. The van der Waals surface area contributed by atoms with Crippen LogP contribution in [0.25, 0.3) is 10.2 Å². The summed E-state index contributed by atoms with van der Waals surface area (Å²) in [6.45, 7) is 5.01. The first-order chi connectivity index (χ1) is 15.6. The van der Waals surface area contributed by atoms with E-state index in [2.05, 4.69) is 17.2 Å². The van der Waals surface area contributed by atoms with Gasteiger partial charge in [0, 0.05) is 5.75 Å². The number of thiazole rings is 1. The van der Waals surface area contributed by atoms with Crippen LogP contribution in [0.15, 0.2) is 27.4 Å². The first-order valence-electron chi connectivity index (χ1n) is 11.0. The highest BCUT2D eigenvalue weighted by atomic mass is 32.2. The topological polar surface area (TPSA) is 123 Å². The normalized spacial score (nSPS) is 12.8. The summed E-state index contributed by atoms with van der Waals surface area (Å²) >= 11 is 3.17. The summed E-state index contributed by atoms with van der Waals surface area (Å²) < 4.78 is 32.1. The lowest BCUT2D eigenvalue weighted by atomic mass is 10.1. The van der Waals surface area contributed by atoms with Gasteiger partial charge in [0.25, 0.3) is 0 Å². The summed E-state index contributed by atoms with van der Waals surface area (Å²) in [5.74, 6) is -1.32. The molecule has 11 heteroatoms. The molecule has 1 aromatic heterocycles. The fourth-order valence-corrected chi connectivity index (χ4v) is 6.43. The summed E-state index contributed by atoms with van der Waals surface area (Å²) in [6.07, 6.45) is 4.77. The Bertz CT molecular complexity index is 1040. The molecule has 0 bridgehead atoms. The fourth-order valence-electron chi connectivity index (χ4n) is 3.06. The Hall–Kier alpha value is -1.69. The van der Waals surface area contributed by atoms with Crippen molar-refractivity contribution in [3.8, 4) is 0 Å². The van der Waals surface area contributed by atoms with E-state index < -0.39 is 27.8 Å². The lowest BCUT2D eigenvalue weighted by Crippen LogP contribution is -2.43. The third-order valence-electron chi connectivity index (χ3n) is 4.94. The van der Waals surface area contributed by atoms with E-state index in [1.165, 1.54) is 36.7 Å². The largest absolute Gasteiger partial charge is 0.480 e. The van der Waals surface area contributed by atoms with E-state index in [9.17, 15) is 18.0 Å². The lowest BCUT2D eigenvalue weighted by molar-refractivity contribution is -0.143. The predicted octanol–water partition coefficient (Wildman–Crippen LogP) is 3.98. The molecular formula is C22H32N2O6S3. The number of ether oxygens (including phenoxy) is 1. The van der Waals surface area contributed by atoms with Gasteiger partial charge in [-0.1, -0.05) is 51.8 Å². The number of fused-ring (bicyclic) bond motifs is 1. The number of rotatable bonds is 15. The molecule has 0 spiro atoms. The van der Waals surface area contributed by atoms with Crippen molar-refractivity contribution in [2.45, 2.75) is 61.7 Å². The average Bonchev–Trinajstić information content (AvgIpc) is 3.15. The SMILES string of the molecule is CCCCCCSc1nc2ccc(S(=O)(=O)CCOC(=O)CN[C@@H](C(=O)O)C(C)C)cc2s1. The van der Waals surface area contributed by atoms with Gasteiger partial charge in [-0.05, 0) is 30.5 Å². The van der Waals surface area contributed by atoms with Crippen LogP contribution in [-0.2, 0) is 24.2 Å². The minimum absolute atomic E-state index is 0.165. The van der Waals surface area contributed by atoms with Crippen molar-refractivity contribution >= 4 is 55.1 Å². The second-order valence-electron chi connectivity index (χ2n) is 8.00. The van der Waals surface area contributed by atoms with E-state index in [-0.39, 0.29) is 29.7 Å². The lowest BCUT2D eigenvalue weighted by Gasteiger charge is -2.17. The van der Waals surface area contributed by atoms with Gasteiger partial charge in [-0.15, -0.1) is 11.3 Å². The van der Waals surface area contributed by atoms with Crippen molar-refractivity contribution in [3.63, 3.8) is 0 Å². The molecule has 8 nitrogen and oxygen atoms in total. The molecule has 2 aromatic rings. The number of carbonyl (C=O) groups is 2. The highest BCUT2D eigenvalue weighted by molar-refractivity contribution is 8.01. The fraction of sp³-hybridized carbons (Fsp3) is 0.591. The molecule has 0 fully saturated rings. The summed E-state index contributed by atoms with van der Waals surface area (Å²) in [6, 6.07) is 3.96. The van der Waals surface area contributed by atoms with Crippen LogP contribution >= 0.6 is 23.1 Å². The van der Waals surface area contributed by atoms with Gasteiger partial charge in [0.1, 0.15) is 12.6 Å². The number of carboxylic acid groups (broad SMARTS) is 1. The molecule has 0 saturated heterocycles. The Labute approximate surface area is 203 Å². The maximum Gasteiger partial charge on any atom is 0.320 e. The molecule has 1 heterocycles. The summed E-state index contributed by atoms with van der Waals surface area (Å²) in [5.41, 5.74) is 0.769. The van der Waals surface area contributed by atoms with E-state index in [1.807, 2.05) is 0 Å². The van der Waals surface area contributed by atoms with Crippen LogP contribution in [0.5, 0.6) is 0 Å². The number of carbonyl (C=O) groups excluding carboxylic acids is 1. The van der Waals surface area contributed by atoms with Crippen LogP contribution in [0, 0.1) is 5.92 Å². The zero-order valence-electron chi connectivity index (χ0n) is 19.2. The van der Waals surface area contributed by atoms with Crippen LogP contribution in [0.1, 0.15) is 46.5 Å². The second kappa shape index (κ2) is 13.3. The van der Waals surface area contributed by atoms with Gasteiger partial charge in [0.15, 0.2) is 14.2 Å². The van der Waals surface area contributed by atoms with Crippen LogP contribution in [0.3, 0.4) is 0 Å². The zero-order valence-corrected chi connectivity index (χ0v) is 21.7. The maximum absolute atomic E-state index is 12.7. The van der Waals surface area contributed by atoms with Gasteiger partial charge >= 0.3 is 11.9 Å². The van der Waals surface area contributed by atoms with E-state index >= 15 is 0 Å². The minimum Gasteiger partial charge on any atom is -0.480 e. The molecule has 1 aromatic carbocycles. The molecule has 2 rings (SSSR count). The third kappa shape index (κ3) is 8.88. The number of thioether (sulfide) groups is 1. The molecule has 0 amide bonds. The van der Waals surface area contributed by atoms with Gasteiger partial charge in [0.05, 0.1) is 27.4 Å². The van der Waals surface area contributed by atoms with Crippen molar-refractivity contribution in [1.29, 1.82) is 0 Å². The van der Waals surface area contributed by atoms with Crippen molar-refractivity contribution in [2.75, 3.05) is 24.7 Å². The average molecular weight is 517 g/mol. The highest BCUT2D eigenvalue weighted by Crippen LogP contribution is 2.31. The smallest absolute Gasteiger partial charge is 0.320 e. The summed E-state index contributed by atoms with van der Waals surface area (Å²) in [5, 5.41) is 11.7. The number of unbranched alkanes of at least 4 members (excludes halogenated alkanes) is 3. The molecule has 0 aliphatic carbocycles. The third-order valence-corrected chi connectivity index (χ3v) is 8.86. The quantitative estimate of drug-likeness (QED) is 0.205. The predicted molar refractivity (Wildman–Crippen MR) is 132 cm³/mol. The molecule has 0 radical (unpaired) electrons. The molecule has 33 heavy (non-hydrogen) atoms. The van der Waals surface area contributed by atoms with E-state index in [0.717, 1.165) is 26.7 Å². The number of aromatic nitrogens is 1. The number of sulfone groups is 1. The van der Waals surface area contributed by atoms with Crippen LogP contribution < -0.4 is 5.32 Å². The monoisotopic (exact) mass is 516 g/mol. The number of carboxylic acids is 1. The Balaban J connectivity index is 1.87. The van der Waals surface area contributed by atoms with Crippen LogP contribution in [-0.4, -0.2) is 61.1 Å². The van der Waals surface area contributed by atoms with Gasteiger partial charge in [-0.25, -0.2) is 13.4 Å². The maximum atomic E-state index is 12.7. The van der Waals surface area contributed by atoms with Gasteiger partial charge in [0.2, 0.25) is 0 Å². The summed E-state index contributed by atoms with van der Waals surface area (Å²) in [7, 11) is -3.64. The molecular weight excluding hydrogens is 484 g/mol. The van der Waals surface area contributed by atoms with Crippen LogP contribution in [0.4, 0.5) is 0 Å². The number of benzene rings is 1. The highest BCUT2D eigenvalue weighted by Gasteiger charge is 2.22. The Kier molecular flexibility index (Phi) is 11.1.